The van der Waals surface area contributed by atoms with Gasteiger partial charge >= 0.3 is 5.97 Å². The molecule has 0 aliphatic heterocycles. The first kappa shape index (κ1) is 23.3. The van der Waals surface area contributed by atoms with E-state index in [1.54, 1.807) is 38.1 Å². The minimum absolute atomic E-state index is 0.0265. The molecule has 1 aromatic heterocycles. The lowest BCUT2D eigenvalue weighted by Crippen LogP contribution is -2.13. The van der Waals surface area contributed by atoms with E-state index in [1.165, 1.54) is 19.2 Å². The lowest BCUT2D eigenvalue weighted by Gasteiger charge is -2.14. The fourth-order valence-electron chi connectivity index (χ4n) is 3.68. The average molecular weight is 451 g/mol. The van der Waals surface area contributed by atoms with Crippen LogP contribution in [0.25, 0.3) is 22.3 Å². The lowest BCUT2D eigenvalue weighted by molar-refractivity contribution is -0.114. The number of rotatable bonds is 7. The number of nitrogens with one attached hydrogen (secondary N) is 2. The molecule has 1 heterocycles. The van der Waals surface area contributed by atoms with Crippen LogP contribution in [0.15, 0.2) is 48.8 Å². The van der Waals surface area contributed by atoms with Crippen molar-refractivity contribution in [3.05, 3.63) is 71.3 Å². The van der Waals surface area contributed by atoms with Crippen LogP contribution in [0.5, 0.6) is 5.75 Å². The SMILES string of the molecule is C=C(F)C(=O)Nc1ccc(-c2c(C)[nH]c(C(N)=O)c2-c2ccc(C(=O)O)c(OC)c2)c(C)c1. The zero-order valence-electron chi connectivity index (χ0n) is 18.2. The highest BCUT2D eigenvalue weighted by atomic mass is 19.1. The van der Waals surface area contributed by atoms with E-state index in [9.17, 15) is 23.9 Å². The monoisotopic (exact) mass is 451 g/mol. The second kappa shape index (κ2) is 8.99. The number of hydrogen-bond donors (Lipinski definition) is 4. The number of halogens is 1. The number of aryl methyl sites for hydroxylation is 2. The van der Waals surface area contributed by atoms with Crippen molar-refractivity contribution in [3.63, 3.8) is 0 Å². The molecule has 0 unspecified atom stereocenters. The van der Waals surface area contributed by atoms with Crippen molar-refractivity contribution in [3.8, 4) is 28.0 Å². The minimum atomic E-state index is -1.15. The first-order valence-corrected chi connectivity index (χ1v) is 9.76. The smallest absolute Gasteiger partial charge is 0.339 e. The maximum atomic E-state index is 13.0. The number of carbonyl (C=O) groups excluding carboxylic acids is 2. The molecule has 170 valence electrons. The number of amides is 2. The molecule has 0 spiro atoms. The summed E-state index contributed by atoms with van der Waals surface area (Å²) in [6, 6.07) is 9.46. The molecule has 0 fully saturated rings. The van der Waals surface area contributed by atoms with Crippen molar-refractivity contribution in [2.75, 3.05) is 12.4 Å². The first-order valence-electron chi connectivity index (χ1n) is 9.76. The van der Waals surface area contributed by atoms with Gasteiger partial charge in [0.15, 0.2) is 5.83 Å². The van der Waals surface area contributed by atoms with E-state index >= 15 is 0 Å². The van der Waals surface area contributed by atoms with Crippen LogP contribution in [0.3, 0.4) is 0 Å². The highest BCUT2D eigenvalue weighted by Crippen LogP contribution is 2.41. The fraction of sp³-hybridized carbons (Fsp3) is 0.125. The van der Waals surface area contributed by atoms with Crippen LogP contribution in [0.4, 0.5) is 10.1 Å². The quantitative estimate of drug-likeness (QED) is 0.400. The molecule has 0 bridgehead atoms. The van der Waals surface area contributed by atoms with E-state index in [0.717, 1.165) is 11.1 Å². The van der Waals surface area contributed by atoms with Gasteiger partial charge in [0.25, 0.3) is 11.8 Å². The van der Waals surface area contributed by atoms with Crippen molar-refractivity contribution >= 4 is 23.5 Å². The van der Waals surface area contributed by atoms with Crippen LogP contribution < -0.4 is 15.8 Å². The third kappa shape index (κ3) is 4.47. The Balaban J connectivity index is 2.21. The number of aromatic amines is 1. The van der Waals surface area contributed by atoms with Gasteiger partial charge in [-0.15, -0.1) is 0 Å². The number of aromatic nitrogens is 1. The van der Waals surface area contributed by atoms with Gasteiger partial charge in [-0.1, -0.05) is 18.7 Å². The van der Waals surface area contributed by atoms with Crippen molar-refractivity contribution in [2.24, 2.45) is 5.73 Å². The second-order valence-corrected chi connectivity index (χ2v) is 7.35. The predicted molar refractivity (Wildman–Crippen MR) is 122 cm³/mol. The van der Waals surface area contributed by atoms with Gasteiger partial charge in [0.05, 0.1) is 7.11 Å². The average Bonchev–Trinajstić information content (AvgIpc) is 3.10. The van der Waals surface area contributed by atoms with Crippen LogP contribution in [-0.4, -0.2) is 35.0 Å². The maximum absolute atomic E-state index is 13.0. The van der Waals surface area contributed by atoms with Crippen molar-refractivity contribution < 1.29 is 28.6 Å². The molecular formula is C24H22FN3O5. The van der Waals surface area contributed by atoms with Gasteiger partial charge in [-0.3, -0.25) is 9.59 Å². The molecule has 3 rings (SSSR count). The molecule has 9 heteroatoms. The molecule has 0 aliphatic carbocycles. The largest absolute Gasteiger partial charge is 0.496 e. The van der Waals surface area contributed by atoms with Crippen LogP contribution in [-0.2, 0) is 4.79 Å². The summed E-state index contributed by atoms with van der Waals surface area (Å²) in [5.41, 5.74) is 9.89. The maximum Gasteiger partial charge on any atom is 0.339 e. The van der Waals surface area contributed by atoms with Gasteiger partial charge in [0.1, 0.15) is 17.0 Å². The molecule has 8 nitrogen and oxygen atoms in total. The van der Waals surface area contributed by atoms with E-state index in [4.69, 9.17) is 10.5 Å². The minimum Gasteiger partial charge on any atom is -0.496 e. The fourth-order valence-corrected chi connectivity index (χ4v) is 3.68. The molecular weight excluding hydrogens is 429 g/mol. The van der Waals surface area contributed by atoms with Gasteiger partial charge in [-0.05, 0) is 54.8 Å². The number of H-pyrrole nitrogens is 1. The van der Waals surface area contributed by atoms with Gasteiger partial charge in [0.2, 0.25) is 0 Å². The summed E-state index contributed by atoms with van der Waals surface area (Å²) in [4.78, 5) is 38.3. The molecule has 0 atom stereocenters. The molecule has 0 saturated carbocycles. The van der Waals surface area contributed by atoms with E-state index in [1.807, 2.05) is 0 Å². The molecule has 0 aliphatic rings. The van der Waals surface area contributed by atoms with E-state index in [0.29, 0.717) is 28.1 Å². The molecule has 2 aromatic carbocycles. The number of nitrogens with two attached hydrogens (primary N) is 1. The van der Waals surface area contributed by atoms with Gasteiger partial charge < -0.3 is 25.9 Å². The Kier molecular flexibility index (Phi) is 6.34. The zero-order valence-corrected chi connectivity index (χ0v) is 18.2. The Morgan fingerprint density at radius 2 is 1.82 bits per heavy atom. The number of carboxylic acid groups (broad SMARTS) is 1. The number of benzene rings is 2. The Hall–Kier alpha value is -4.40. The second-order valence-electron chi connectivity index (χ2n) is 7.35. The Morgan fingerprint density at radius 1 is 1.12 bits per heavy atom. The van der Waals surface area contributed by atoms with E-state index in [2.05, 4.69) is 16.9 Å². The number of primary amides is 1. The highest BCUT2D eigenvalue weighted by molar-refractivity contribution is 6.05. The molecule has 2 amide bonds. The first-order chi connectivity index (χ1) is 15.5. The highest BCUT2D eigenvalue weighted by Gasteiger charge is 2.24. The number of hydrogen-bond acceptors (Lipinski definition) is 4. The number of ether oxygens (including phenoxy) is 1. The van der Waals surface area contributed by atoms with Gasteiger partial charge in [-0.25, -0.2) is 9.18 Å². The number of carbonyl (C=O) groups is 3. The van der Waals surface area contributed by atoms with Crippen LogP contribution >= 0.6 is 0 Å². The van der Waals surface area contributed by atoms with Crippen molar-refractivity contribution in [1.29, 1.82) is 0 Å². The molecule has 0 saturated heterocycles. The Bertz CT molecular complexity index is 1310. The third-order valence-corrected chi connectivity index (χ3v) is 5.15. The predicted octanol–water partition coefficient (Wildman–Crippen LogP) is 4.19. The van der Waals surface area contributed by atoms with E-state index in [-0.39, 0.29) is 17.0 Å². The topological polar surface area (TPSA) is 135 Å². The number of anilines is 1. The summed E-state index contributed by atoms with van der Waals surface area (Å²) in [6.45, 7) is 6.54. The molecule has 3 aromatic rings. The summed E-state index contributed by atoms with van der Waals surface area (Å²) in [6.07, 6.45) is 0. The molecule has 5 N–H and O–H groups in total. The standard InChI is InChI=1S/C24H22FN3O5/c1-11-9-15(28-23(30)12(2)25)6-8-16(11)19-13(3)27-21(22(26)29)20(19)14-5-7-17(24(31)32)18(10-14)33-4/h5-10,27H,2H2,1,3-4H3,(H2,26,29)(H,28,30)(H,31,32). The number of methoxy groups -OCH3 is 1. The summed E-state index contributed by atoms with van der Waals surface area (Å²) in [7, 11) is 1.35. The summed E-state index contributed by atoms with van der Waals surface area (Å²) in [5.74, 6) is -3.76. The lowest BCUT2D eigenvalue weighted by atomic mass is 9.91. The Morgan fingerprint density at radius 3 is 2.36 bits per heavy atom. The van der Waals surface area contributed by atoms with Crippen molar-refractivity contribution in [2.45, 2.75) is 13.8 Å². The molecule has 33 heavy (non-hydrogen) atoms. The molecule has 0 radical (unpaired) electrons. The summed E-state index contributed by atoms with van der Waals surface area (Å²) >= 11 is 0. The summed E-state index contributed by atoms with van der Waals surface area (Å²) < 4.78 is 18.3. The van der Waals surface area contributed by atoms with Crippen molar-refractivity contribution in [1.82, 2.24) is 4.98 Å². The van der Waals surface area contributed by atoms with Gasteiger partial charge in [-0.2, -0.15) is 0 Å². The van der Waals surface area contributed by atoms with Crippen LogP contribution in [0.2, 0.25) is 0 Å². The number of carboxylic acids is 1. The van der Waals surface area contributed by atoms with Gasteiger partial charge in [0, 0.05) is 22.5 Å². The zero-order chi connectivity index (χ0) is 24.4. The van der Waals surface area contributed by atoms with Crippen LogP contribution in [0, 0.1) is 13.8 Å². The normalized spacial score (nSPS) is 10.5. The summed E-state index contributed by atoms with van der Waals surface area (Å²) in [5, 5.41) is 11.8. The van der Waals surface area contributed by atoms with Crippen LogP contribution in [0.1, 0.15) is 32.1 Å². The van der Waals surface area contributed by atoms with E-state index < -0.39 is 23.6 Å². The number of aromatic carboxylic acids is 1. The Labute approximate surface area is 188 Å². The third-order valence-electron chi connectivity index (χ3n) is 5.15.